The third kappa shape index (κ3) is 3.93. The van der Waals surface area contributed by atoms with Gasteiger partial charge in [-0.05, 0) is 70.5 Å². The van der Waals surface area contributed by atoms with Crippen molar-refractivity contribution in [3.63, 3.8) is 0 Å². The Balaban J connectivity index is 1.47. The molecule has 3 heterocycles. The number of nitrogens with two attached hydrogens (primary N) is 1. The first-order chi connectivity index (χ1) is 13.7. The lowest BCUT2D eigenvalue weighted by atomic mass is 9.84. The van der Waals surface area contributed by atoms with Crippen molar-refractivity contribution in [1.29, 1.82) is 0 Å². The smallest absolute Gasteiger partial charge is 0.136 e. The summed E-state index contributed by atoms with van der Waals surface area (Å²) in [6.07, 6.45) is 13.8. The molecule has 1 saturated carbocycles. The van der Waals surface area contributed by atoms with Crippen molar-refractivity contribution < 1.29 is 4.79 Å². The second-order valence-electron chi connectivity index (χ2n) is 8.71. The van der Waals surface area contributed by atoms with Crippen LogP contribution in [0.4, 0.5) is 0 Å². The van der Waals surface area contributed by atoms with E-state index in [1.54, 1.807) is 4.79 Å². The summed E-state index contributed by atoms with van der Waals surface area (Å²) in [5.41, 5.74) is 3.36. The van der Waals surface area contributed by atoms with E-state index in [0.29, 0.717) is 11.8 Å². The molecule has 0 spiro atoms. The number of nitrogen functional groups attached to an aromatic ring is 1. The number of aldehydes is 1. The fourth-order valence-electron chi connectivity index (χ4n) is 5.12. The summed E-state index contributed by atoms with van der Waals surface area (Å²) in [6.45, 7) is 4.03. The van der Waals surface area contributed by atoms with Crippen LogP contribution in [0.5, 0.6) is 0 Å². The number of piperidine rings is 1. The van der Waals surface area contributed by atoms with Crippen LogP contribution >= 0.6 is 0 Å². The average molecular weight is 384 g/mol. The van der Waals surface area contributed by atoms with Crippen LogP contribution in [0.15, 0.2) is 12.3 Å². The highest BCUT2D eigenvalue weighted by molar-refractivity contribution is 5.84. The predicted octanol–water partition coefficient (Wildman–Crippen LogP) is 3.42. The summed E-state index contributed by atoms with van der Waals surface area (Å²) in [4.78, 5) is 19.6. The van der Waals surface area contributed by atoms with Crippen LogP contribution in [-0.4, -0.2) is 45.2 Å². The van der Waals surface area contributed by atoms with E-state index >= 15 is 0 Å². The normalized spacial score (nSPS) is 21.2. The Kier molecular flexibility index (Phi) is 5.95. The van der Waals surface area contributed by atoms with E-state index in [1.165, 1.54) is 43.2 Å². The molecule has 1 unspecified atom stereocenters. The van der Waals surface area contributed by atoms with Gasteiger partial charge in [0.15, 0.2) is 0 Å². The fourth-order valence-corrected chi connectivity index (χ4v) is 5.12. The second kappa shape index (κ2) is 8.60. The van der Waals surface area contributed by atoms with Crippen molar-refractivity contribution >= 4 is 17.2 Å². The van der Waals surface area contributed by atoms with E-state index in [2.05, 4.69) is 10.00 Å². The monoisotopic (exact) mass is 383 g/mol. The Morgan fingerprint density at radius 2 is 1.96 bits per heavy atom. The van der Waals surface area contributed by atoms with Gasteiger partial charge in [-0.15, -0.1) is 0 Å². The van der Waals surface area contributed by atoms with Gasteiger partial charge in [-0.1, -0.05) is 19.3 Å². The van der Waals surface area contributed by atoms with E-state index in [9.17, 15) is 4.79 Å². The van der Waals surface area contributed by atoms with E-state index in [4.69, 9.17) is 10.8 Å². The van der Waals surface area contributed by atoms with Crippen LogP contribution in [0.3, 0.4) is 0 Å². The summed E-state index contributed by atoms with van der Waals surface area (Å²) in [5, 5.41) is 5.90. The maximum atomic E-state index is 11.0. The van der Waals surface area contributed by atoms with Crippen molar-refractivity contribution in [3.05, 3.63) is 23.7 Å². The van der Waals surface area contributed by atoms with Gasteiger partial charge in [0.05, 0.1) is 22.9 Å². The average Bonchev–Trinajstić information content (AvgIpc) is 3.08. The number of hydrogen-bond donors (Lipinski definition) is 1. The van der Waals surface area contributed by atoms with Gasteiger partial charge in [0, 0.05) is 17.5 Å². The Morgan fingerprint density at radius 3 is 2.68 bits per heavy atom. The highest BCUT2D eigenvalue weighted by Crippen LogP contribution is 2.36. The zero-order valence-electron chi connectivity index (χ0n) is 17.0. The molecule has 2 aromatic rings. The first-order valence-electron chi connectivity index (χ1n) is 11.0. The maximum Gasteiger partial charge on any atom is 0.136 e. The minimum Gasteiger partial charge on any atom is -0.323 e. The van der Waals surface area contributed by atoms with E-state index < -0.39 is 0 Å². The largest absolute Gasteiger partial charge is 0.323 e. The number of nitrogens with zero attached hydrogens (tertiary/aromatic N) is 4. The number of fused-ring (bicyclic) bond motifs is 1. The van der Waals surface area contributed by atoms with Crippen LogP contribution in [0.2, 0.25) is 0 Å². The molecule has 2 aromatic heterocycles. The van der Waals surface area contributed by atoms with Gasteiger partial charge in [-0.25, -0.2) is 0 Å². The van der Waals surface area contributed by atoms with E-state index in [0.717, 1.165) is 56.3 Å². The first-order valence-corrected chi connectivity index (χ1v) is 11.0. The van der Waals surface area contributed by atoms with Crippen LogP contribution in [0.25, 0.3) is 10.9 Å². The lowest BCUT2D eigenvalue weighted by molar-refractivity contribution is -0.112. The molecular weight excluding hydrogens is 350 g/mol. The number of carbonyl (C=O) groups excluding carboxylic acids is 1. The molecule has 0 amide bonds. The highest BCUT2D eigenvalue weighted by Gasteiger charge is 2.25. The summed E-state index contributed by atoms with van der Waals surface area (Å²) in [5.74, 6) is 7.44. The summed E-state index contributed by atoms with van der Waals surface area (Å²) >= 11 is 0. The molecule has 1 saturated heterocycles. The van der Waals surface area contributed by atoms with Crippen molar-refractivity contribution in [2.75, 3.05) is 18.9 Å². The Morgan fingerprint density at radius 1 is 1.21 bits per heavy atom. The fraction of sp³-hybridized carbons (Fsp3) is 0.682. The van der Waals surface area contributed by atoms with Gasteiger partial charge in [-0.3, -0.25) is 9.88 Å². The molecule has 1 atom stereocenters. The number of aromatic nitrogens is 3. The molecule has 2 fully saturated rings. The number of rotatable bonds is 6. The number of pyridine rings is 1. The molecule has 6 nitrogen and oxygen atoms in total. The lowest BCUT2D eigenvalue weighted by Crippen LogP contribution is -2.40. The van der Waals surface area contributed by atoms with Crippen molar-refractivity contribution in [3.8, 4) is 0 Å². The standard InChI is InChI=1S/C22H33N5O/c1-16(15-28)26-13-10-17(11-14-26)7-8-19-21-20(27(23)25-19)9-12-24-22(21)18-5-3-2-4-6-18/h9,12,15-18H,2-8,10-11,13-14,23H2,1H3. The molecule has 1 aliphatic carbocycles. The maximum absolute atomic E-state index is 11.0. The Labute approximate surface area is 167 Å². The van der Waals surface area contributed by atoms with Gasteiger partial charge in [0.1, 0.15) is 6.29 Å². The SMILES string of the molecule is CC(C=O)N1CCC(CCc2nn(N)c3ccnc(C4CCCCC4)c23)CC1. The number of aryl methyl sites for hydroxylation is 1. The first kappa shape index (κ1) is 19.4. The van der Waals surface area contributed by atoms with Crippen molar-refractivity contribution in [2.24, 2.45) is 5.92 Å². The molecular formula is C22H33N5O. The molecule has 0 radical (unpaired) electrons. The van der Waals surface area contributed by atoms with Gasteiger partial charge in [0.2, 0.25) is 0 Å². The van der Waals surface area contributed by atoms with Gasteiger partial charge in [0.25, 0.3) is 0 Å². The molecule has 2 aliphatic rings. The molecule has 1 aliphatic heterocycles. The predicted molar refractivity (Wildman–Crippen MR) is 112 cm³/mol. The van der Waals surface area contributed by atoms with Crippen LogP contribution in [-0.2, 0) is 11.2 Å². The van der Waals surface area contributed by atoms with Gasteiger partial charge < -0.3 is 10.6 Å². The van der Waals surface area contributed by atoms with E-state index in [-0.39, 0.29) is 6.04 Å². The molecule has 2 N–H and O–H groups in total. The molecule has 4 rings (SSSR count). The summed E-state index contributed by atoms with van der Waals surface area (Å²) in [6, 6.07) is 2.04. The molecule has 28 heavy (non-hydrogen) atoms. The quantitative estimate of drug-likeness (QED) is 0.611. The van der Waals surface area contributed by atoms with Gasteiger partial charge >= 0.3 is 0 Å². The number of hydrogen-bond acceptors (Lipinski definition) is 5. The molecule has 6 heteroatoms. The van der Waals surface area contributed by atoms with Crippen molar-refractivity contribution in [1.82, 2.24) is 19.8 Å². The Hall–Kier alpha value is -1.95. The summed E-state index contributed by atoms with van der Waals surface area (Å²) < 4.78 is 0. The number of likely N-dealkylation sites (tertiary alicyclic amines) is 1. The minimum absolute atomic E-state index is 0.0435. The van der Waals surface area contributed by atoms with Crippen LogP contribution in [0, 0.1) is 5.92 Å². The zero-order valence-corrected chi connectivity index (χ0v) is 17.0. The van der Waals surface area contributed by atoms with E-state index in [1.807, 2.05) is 19.2 Å². The van der Waals surface area contributed by atoms with Crippen molar-refractivity contribution in [2.45, 2.75) is 76.7 Å². The third-order valence-corrected chi connectivity index (χ3v) is 6.93. The minimum atomic E-state index is 0.0435. The molecule has 0 aromatic carbocycles. The highest BCUT2D eigenvalue weighted by atomic mass is 16.1. The molecule has 152 valence electrons. The van der Waals surface area contributed by atoms with Crippen LogP contribution < -0.4 is 5.84 Å². The van der Waals surface area contributed by atoms with Gasteiger partial charge in [-0.2, -0.15) is 9.89 Å². The lowest BCUT2D eigenvalue weighted by Gasteiger charge is -2.33. The number of carbonyl (C=O) groups is 1. The Bertz CT molecular complexity index is 803. The topological polar surface area (TPSA) is 77.0 Å². The second-order valence-corrected chi connectivity index (χ2v) is 8.71. The third-order valence-electron chi connectivity index (χ3n) is 6.93. The van der Waals surface area contributed by atoms with Crippen LogP contribution in [0.1, 0.15) is 75.6 Å². The zero-order chi connectivity index (χ0) is 19.5. The summed E-state index contributed by atoms with van der Waals surface area (Å²) in [7, 11) is 0. The molecule has 0 bridgehead atoms.